The number of carbonyl (C=O) groups excluding carboxylic acids is 2. The molecule has 29 heavy (non-hydrogen) atoms. The maximum Gasteiger partial charge on any atom is 0.225 e. The van der Waals surface area contributed by atoms with Crippen molar-refractivity contribution >= 4 is 11.8 Å². The fourth-order valence-electron chi connectivity index (χ4n) is 3.38. The van der Waals surface area contributed by atoms with Gasteiger partial charge in [0.25, 0.3) is 0 Å². The average Bonchev–Trinajstić information content (AvgIpc) is 3.12. The number of hydrogen-bond donors (Lipinski definition) is 1. The number of nitrogens with zero attached hydrogens (tertiary/aromatic N) is 1. The van der Waals surface area contributed by atoms with Crippen LogP contribution in [0, 0.1) is 5.92 Å². The lowest BCUT2D eigenvalue weighted by molar-refractivity contribution is -0.129. The van der Waals surface area contributed by atoms with E-state index < -0.39 is 0 Å². The van der Waals surface area contributed by atoms with Gasteiger partial charge in [-0.2, -0.15) is 0 Å². The van der Waals surface area contributed by atoms with Crippen molar-refractivity contribution in [3.63, 3.8) is 0 Å². The highest BCUT2D eigenvalue weighted by Crippen LogP contribution is 2.27. The number of ether oxygens (including phenoxy) is 3. The summed E-state index contributed by atoms with van der Waals surface area (Å²) in [5.41, 5.74) is 1.90. The van der Waals surface area contributed by atoms with Gasteiger partial charge in [0.05, 0.1) is 27.2 Å². The number of carbonyl (C=O) groups is 2. The first-order chi connectivity index (χ1) is 14.0. The van der Waals surface area contributed by atoms with Gasteiger partial charge in [-0.3, -0.25) is 9.59 Å². The van der Waals surface area contributed by atoms with Crippen LogP contribution in [0.15, 0.2) is 42.5 Å². The Balaban J connectivity index is 1.54. The van der Waals surface area contributed by atoms with Crippen LogP contribution in [0.4, 0.5) is 0 Å². The summed E-state index contributed by atoms with van der Waals surface area (Å²) in [5, 5.41) is 2.92. The third kappa shape index (κ3) is 4.99. The van der Waals surface area contributed by atoms with Gasteiger partial charge in [-0.05, 0) is 35.4 Å². The van der Waals surface area contributed by atoms with Gasteiger partial charge in [0.2, 0.25) is 11.8 Å². The van der Waals surface area contributed by atoms with E-state index >= 15 is 0 Å². The molecule has 1 unspecified atom stereocenters. The van der Waals surface area contributed by atoms with Crippen LogP contribution in [-0.4, -0.2) is 44.6 Å². The number of methoxy groups -OCH3 is 3. The molecule has 1 aliphatic heterocycles. The molecule has 2 aromatic carbocycles. The van der Waals surface area contributed by atoms with Crippen molar-refractivity contribution in [1.82, 2.24) is 10.2 Å². The predicted octanol–water partition coefficient (Wildman–Crippen LogP) is 2.38. The zero-order valence-electron chi connectivity index (χ0n) is 16.9. The smallest absolute Gasteiger partial charge is 0.225 e. The third-order valence-corrected chi connectivity index (χ3v) is 5.03. The highest BCUT2D eigenvalue weighted by molar-refractivity contribution is 5.89. The number of rotatable bonds is 8. The van der Waals surface area contributed by atoms with E-state index in [1.165, 1.54) is 0 Å². The molecular weight excluding hydrogens is 372 g/mol. The van der Waals surface area contributed by atoms with E-state index in [9.17, 15) is 9.59 Å². The Hall–Kier alpha value is -3.22. The van der Waals surface area contributed by atoms with Gasteiger partial charge in [0.1, 0.15) is 5.75 Å². The standard InChI is InChI=1S/C22H26N2O5/c1-27-18-7-4-15(5-8-18)13-24-14-17(11-21(24)25)22(26)23-12-16-6-9-19(28-2)20(10-16)29-3/h4-10,17H,11-14H2,1-3H3,(H,23,26). The summed E-state index contributed by atoms with van der Waals surface area (Å²) in [5.74, 6) is 1.55. The molecule has 7 heteroatoms. The number of likely N-dealkylation sites (tertiary alicyclic amines) is 1. The van der Waals surface area contributed by atoms with Gasteiger partial charge < -0.3 is 24.4 Å². The monoisotopic (exact) mass is 398 g/mol. The lowest BCUT2D eigenvalue weighted by atomic mass is 10.1. The van der Waals surface area contributed by atoms with E-state index in [1.807, 2.05) is 36.4 Å². The summed E-state index contributed by atoms with van der Waals surface area (Å²) in [6.07, 6.45) is 0.230. The molecule has 1 fully saturated rings. The minimum Gasteiger partial charge on any atom is -0.497 e. The Morgan fingerprint density at radius 1 is 1.00 bits per heavy atom. The van der Waals surface area contributed by atoms with Gasteiger partial charge in [-0.15, -0.1) is 0 Å². The first-order valence-electron chi connectivity index (χ1n) is 9.43. The molecule has 0 aliphatic carbocycles. The van der Waals surface area contributed by atoms with Crippen LogP contribution in [-0.2, 0) is 22.7 Å². The second-order valence-electron chi connectivity index (χ2n) is 6.93. The maximum atomic E-state index is 12.6. The Kier molecular flexibility index (Phi) is 6.59. The summed E-state index contributed by atoms with van der Waals surface area (Å²) < 4.78 is 15.7. The number of nitrogens with one attached hydrogen (secondary N) is 1. The summed E-state index contributed by atoms with van der Waals surface area (Å²) in [7, 11) is 4.76. The van der Waals surface area contributed by atoms with E-state index in [-0.39, 0.29) is 24.2 Å². The fourth-order valence-corrected chi connectivity index (χ4v) is 3.38. The van der Waals surface area contributed by atoms with E-state index in [0.29, 0.717) is 31.1 Å². The van der Waals surface area contributed by atoms with Gasteiger partial charge >= 0.3 is 0 Å². The lowest BCUT2D eigenvalue weighted by Gasteiger charge is -2.17. The van der Waals surface area contributed by atoms with E-state index in [4.69, 9.17) is 14.2 Å². The van der Waals surface area contributed by atoms with Crippen LogP contribution < -0.4 is 19.5 Å². The number of hydrogen-bond acceptors (Lipinski definition) is 5. The molecule has 2 amide bonds. The van der Waals surface area contributed by atoms with Crippen LogP contribution in [0.3, 0.4) is 0 Å². The molecular formula is C22H26N2O5. The molecule has 1 heterocycles. The van der Waals surface area contributed by atoms with Gasteiger partial charge in [0.15, 0.2) is 11.5 Å². The fraction of sp³-hybridized carbons (Fsp3) is 0.364. The average molecular weight is 398 g/mol. The molecule has 0 radical (unpaired) electrons. The molecule has 2 aromatic rings. The molecule has 3 rings (SSSR count). The third-order valence-electron chi connectivity index (χ3n) is 5.03. The lowest BCUT2D eigenvalue weighted by Crippen LogP contribution is -2.32. The van der Waals surface area contributed by atoms with Gasteiger partial charge in [-0.1, -0.05) is 18.2 Å². The largest absolute Gasteiger partial charge is 0.497 e. The SMILES string of the molecule is COc1ccc(CN2CC(C(=O)NCc3ccc(OC)c(OC)c3)CC2=O)cc1. The first kappa shape index (κ1) is 20.5. The second kappa shape index (κ2) is 9.32. The highest BCUT2D eigenvalue weighted by Gasteiger charge is 2.34. The Bertz CT molecular complexity index is 866. The van der Waals surface area contributed by atoms with Crippen LogP contribution in [0.5, 0.6) is 17.2 Å². The van der Waals surface area contributed by atoms with Crippen molar-refractivity contribution in [2.24, 2.45) is 5.92 Å². The van der Waals surface area contributed by atoms with Crippen LogP contribution in [0.1, 0.15) is 17.5 Å². The summed E-state index contributed by atoms with van der Waals surface area (Å²) in [4.78, 5) is 26.6. The Morgan fingerprint density at radius 2 is 1.69 bits per heavy atom. The quantitative estimate of drug-likeness (QED) is 0.739. The summed E-state index contributed by atoms with van der Waals surface area (Å²) in [6.45, 7) is 1.27. The van der Waals surface area contributed by atoms with Crippen LogP contribution in [0.2, 0.25) is 0 Å². The Labute approximate surface area is 170 Å². The highest BCUT2D eigenvalue weighted by atomic mass is 16.5. The number of amides is 2. The van der Waals surface area contributed by atoms with Crippen molar-refractivity contribution in [2.75, 3.05) is 27.9 Å². The molecule has 1 aliphatic rings. The first-order valence-corrected chi connectivity index (χ1v) is 9.43. The van der Waals surface area contributed by atoms with Gasteiger partial charge in [0, 0.05) is 26.1 Å². The van der Waals surface area contributed by atoms with Crippen molar-refractivity contribution in [3.8, 4) is 17.2 Å². The van der Waals surface area contributed by atoms with Crippen molar-refractivity contribution < 1.29 is 23.8 Å². The zero-order valence-corrected chi connectivity index (χ0v) is 16.9. The van der Waals surface area contributed by atoms with Gasteiger partial charge in [-0.25, -0.2) is 0 Å². The maximum absolute atomic E-state index is 12.6. The van der Waals surface area contributed by atoms with Crippen molar-refractivity contribution in [2.45, 2.75) is 19.5 Å². The minimum atomic E-state index is -0.346. The molecule has 7 nitrogen and oxygen atoms in total. The molecule has 0 bridgehead atoms. The summed E-state index contributed by atoms with van der Waals surface area (Å²) >= 11 is 0. The van der Waals surface area contributed by atoms with Crippen molar-refractivity contribution in [3.05, 3.63) is 53.6 Å². The van der Waals surface area contributed by atoms with Crippen molar-refractivity contribution in [1.29, 1.82) is 0 Å². The van der Waals surface area contributed by atoms with Crippen LogP contribution >= 0.6 is 0 Å². The zero-order chi connectivity index (χ0) is 20.8. The molecule has 1 N–H and O–H groups in total. The number of benzene rings is 2. The van der Waals surface area contributed by atoms with E-state index in [1.54, 1.807) is 32.3 Å². The molecule has 0 spiro atoms. The minimum absolute atomic E-state index is 0.00733. The molecule has 0 aromatic heterocycles. The second-order valence-corrected chi connectivity index (χ2v) is 6.93. The molecule has 0 saturated carbocycles. The molecule has 1 atom stereocenters. The topological polar surface area (TPSA) is 77.1 Å². The summed E-state index contributed by atoms with van der Waals surface area (Å²) in [6, 6.07) is 13.1. The normalized spacial score (nSPS) is 15.9. The van der Waals surface area contributed by atoms with E-state index in [0.717, 1.165) is 16.9 Å². The predicted molar refractivity (Wildman–Crippen MR) is 108 cm³/mol. The van der Waals surface area contributed by atoms with E-state index in [2.05, 4.69) is 5.32 Å². The molecule has 1 saturated heterocycles. The molecule has 154 valence electrons. The van der Waals surface area contributed by atoms with Crippen LogP contribution in [0.25, 0.3) is 0 Å². The Morgan fingerprint density at radius 3 is 2.34 bits per heavy atom.